The number of pyridine rings is 1. The van der Waals surface area contributed by atoms with Crippen LogP contribution in [0.3, 0.4) is 0 Å². The normalized spacial score (nSPS) is 12.0. The Balaban J connectivity index is 1.91. The summed E-state index contributed by atoms with van der Waals surface area (Å²) in [5, 5.41) is 12.3. The Morgan fingerprint density at radius 1 is 1.32 bits per heavy atom. The molecule has 0 aliphatic carbocycles. The van der Waals surface area contributed by atoms with E-state index in [2.05, 4.69) is 43.1 Å². The van der Waals surface area contributed by atoms with Crippen molar-refractivity contribution < 1.29 is 9.53 Å². The van der Waals surface area contributed by atoms with E-state index in [9.17, 15) is 4.79 Å². The molecule has 0 aliphatic heterocycles. The number of benzene rings is 1. The average Bonchev–Trinajstić information content (AvgIpc) is 3.34. The van der Waals surface area contributed by atoms with Gasteiger partial charge in [0.2, 0.25) is 0 Å². The fraction of sp³-hybridized carbons (Fsp3) is 0.261. The van der Waals surface area contributed by atoms with Crippen LogP contribution in [-0.2, 0) is 18.3 Å². The third kappa shape index (κ3) is 4.55. The lowest BCUT2D eigenvalue weighted by molar-refractivity contribution is 0.0518. The largest absolute Gasteiger partial charge is 0.461 e. The third-order valence-corrected chi connectivity index (χ3v) is 6.12. The molecule has 1 N–H and O–H groups in total. The van der Waals surface area contributed by atoms with Crippen molar-refractivity contribution in [3.05, 3.63) is 75.3 Å². The highest BCUT2D eigenvalue weighted by Gasteiger charge is 2.30. The van der Waals surface area contributed by atoms with Crippen molar-refractivity contribution in [2.45, 2.75) is 26.4 Å². The number of fused-ring (bicyclic) bond motifs is 1. The first-order valence-corrected chi connectivity index (χ1v) is 11.7. The van der Waals surface area contributed by atoms with Gasteiger partial charge in [-0.1, -0.05) is 35.0 Å². The Hall–Kier alpha value is -3.24. The molecule has 0 radical (unpaired) electrons. The van der Waals surface area contributed by atoms with Gasteiger partial charge in [0.15, 0.2) is 16.1 Å². The number of carbonyl (C=O) groups excluding carboxylic acids is 1. The van der Waals surface area contributed by atoms with Gasteiger partial charge in [-0.25, -0.2) is 19.4 Å². The fourth-order valence-corrected chi connectivity index (χ4v) is 4.36. The summed E-state index contributed by atoms with van der Waals surface area (Å²) in [6.07, 6.45) is 1.74. The number of rotatable bonds is 8. The number of anilines is 1. The van der Waals surface area contributed by atoms with E-state index >= 15 is 0 Å². The molecular weight excluding hydrogens is 522 g/mol. The number of nitrogens with zero attached hydrogens (tertiary/aromatic N) is 6. The molecule has 1 atom stereocenters. The Bertz CT molecular complexity index is 1360. The van der Waals surface area contributed by atoms with Gasteiger partial charge in [-0.3, -0.25) is 0 Å². The van der Waals surface area contributed by atoms with Crippen LogP contribution < -0.4 is 5.32 Å². The van der Waals surface area contributed by atoms with E-state index < -0.39 is 12.0 Å². The number of imidazole rings is 1. The summed E-state index contributed by atoms with van der Waals surface area (Å²) in [6.45, 7) is 8.21. The van der Waals surface area contributed by atoms with Gasteiger partial charge in [0.25, 0.3) is 0 Å². The molecule has 0 saturated heterocycles. The van der Waals surface area contributed by atoms with Crippen LogP contribution >= 0.6 is 27.5 Å². The maximum atomic E-state index is 12.9. The summed E-state index contributed by atoms with van der Waals surface area (Å²) in [5.74, 6) is 0.0739. The zero-order valence-electron chi connectivity index (χ0n) is 18.9. The van der Waals surface area contributed by atoms with E-state index in [0.29, 0.717) is 33.5 Å². The molecule has 176 valence electrons. The van der Waals surface area contributed by atoms with Gasteiger partial charge in [-0.15, -0.1) is 11.7 Å². The number of nitrogens with one attached hydrogen (secondary N) is 1. The van der Waals surface area contributed by atoms with E-state index in [1.54, 1.807) is 36.9 Å². The lowest BCUT2D eigenvalue weighted by Crippen LogP contribution is -2.21. The van der Waals surface area contributed by atoms with Crippen LogP contribution in [-0.4, -0.2) is 42.1 Å². The van der Waals surface area contributed by atoms with Crippen LogP contribution in [0, 0.1) is 6.92 Å². The second-order valence-electron chi connectivity index (χ2n) is 7.57. The lowest BCUT2D eigenvalue weighted by Gasteiger charge is -2.23. The number of halogens is 2. The number of hydrogen-bond donors (Lipinski definition) is 1. The first kappa shape index (κ1) is 23.9. The highest BCUT2D eigenvalue weighted by molar-refractivity contribution is 9.10. The first-order chi connectivity index (χ1) is 16.3. The van der Waals surface area contributed by atoms with Gasteiger partial charge in [0.1, 0.15) is 11.3 Å². The fourth-order valence-electron chi connectivity index (χ4n) is 3.72. The number of aromatic nitrogens is 6. The van der Waals surface area contributed by atoms with E-state index in [1.807, 2.05) is 29.7 Å². The van der Waals surface area contributed by atoms with Crippen LogP contribution in [0.2, 0.25) is 5.02 Å². The van der Waals surface area contributed by atoms with Gasteiger partial charge in [-0.05, 0) is 59.1 Å². The Labute approximate surface area is 209 Å². The molecule has 3 aromatic heterocycles. The molecule has 4 rings (SSSR count). The molecule has 34 heavy (non-hydrogen) atoms. The van der Waals surface area contributed by atoms with Crippen molar-refractivity contribution in [1.29, 1.82) is 0 Å². The highest BCUT2D eigenvalue weighted by atomic mass is 79.9. The lowest BCUT2D eigenvalue weighted by atomic mass is 10.0. The van der Waals surface area contributed by atoms with Crippen LogP contribution in [0.4, 0.5) is 5.82 Å². The Morgan fingerprint density at radius 2 is 2.06 bits per heavy atom. The minimum Gasteiger partial charge on any atom is -0.461 e. The average molecular weight is 545 g/mol. The topological polar surface area (TPSA) is 99.8 Å². The molecule has 0 spiro atoms. The quantitative estimate of drug-likeness (QED) is 0.250. The highest BCUT2D eigenvalue weighted by Crippen LogP contribution is 2.33. The van der Waals surface area contributed by atoms with Crippen molar-refractivity contribution in [2.75, 3.05) is 11.9 Å². The van der Waals surface area contributed by atoms with Crippen LogP contribution in [0.5, 0.6) is 0 Å². The summed E-state index contributed by atoms with van der Waals surface area (Å²) in [7, 11) is 1.79. The summed E-state index contributed by atoms with van der Waals surface area (Å²) in [6, 6.07) is 8.77. The van der Waals surface area contributed by atoms with E-state index in [-0.39, 0.29) is 12.3 Å². The van der Waals surface area contributed by atoms with Crippen molar-refractivity contribution in [2.24, 2.45) is 7.05 Å². The summed E-state index contributed by atoms with van der Waals surface area (Å²) in [4.78, 5) is 22.1. The SMILES string of the molecule is C=CCn1c(Br)nc(C(=O)OCC)c1C(Nc1cc(C)c2nnn(C)c2n1)c1ccc(Cl)cc1. The third-order valence-electron chi connectivity index (χ3n) is 5.26. The first-order valence-electron chi connectivity index (χ1n) is 10.6. The number of carbonyl (C=O) groups is 1. The summed E-state index contributed by atoms with van der Waals surface area (Å²) >= 11 is 9.65. The second-order valence-corrected chi connectivity index (χ2v) is 8.72. The molecule has 11 heteroatoms. The predicted octanol–water partition coefficient (Wildman–Crippen LogP) is 4.85. The molecule has 4 aromatic rings. The molecule has 1 aromatic carbocycles. The number of esters is 1. The van der Waals surface area contributed by atoms with E-state index in [1.165, 1.54) is 0 Å². The van der Waals surface area contributed by atoms with Crippen LogP contribution in [0.25, 0.3) is 11.2 Å². The molecule has 0 amide bonds. The second kappa shape index (κ2) is 9.94. The van der Waals surface area contributed by atoms with Gasteiger partial charge in [0.05, 0.1) is 18.3 Å². The van der Waals surface area contributed by atoms with Gasteiger partial charge in [-0.2, -0.15) is 0 Å². The van der Waals surface area contributed by atoms with E-state index in [4.69, 9.17) is 21.3 Å². The minimum absolute atomic E-state index is 0.197. The van der Waals surface area contributed by atoms with E-state index in [0.717, 1.165) is 16.6 Å². The van der Waals surface area contributed by atoms with Gasteiger partial charge >= 0.3 is 5.97 Å². The molecule has 0 fully saturated rings. The molecule has 0 bridgehead atoms. The molecule has 0 saturated carbocycles. The Morgan fingerprint density at radius 3 is 2.74 bits per heavy atom. The minimum atomic E-state index is -0.516. The summed E-state index contributed by atoms with van der Waals surface area (Å²) < 4.78 is 9.28. The maximum absolute atomic E-state index is 12.9. The summed E-state index contributed by atoms with van der Waals surface area (Å²) in [5.41, 5.74) is 3.95. The zero-order valence-corrected chi connectivity index (χ0v) is 21.3. The number of hydrogen-bond acceptors (Lipinski definition) is 7. The molecular formula is C23H23BrClN7O2. The van der Waals surface area contributed by atoms with Crippen molar-refractivity contribution >= 4 is 50.5 Å². The Kier molecular flexibility index (Phi) is 6.99. The monoisotopic (exact) mass is 543 g/mol. The smallest absolute Gasteiger partial charge is 0.358 e. The molecule has 0 aliphatic rings. The maximum Gasteiger partial charge on any atom is 0.358 e. The van der Waals surface area contributed by atoms with Crippen LogP contribution in [0.1, 0.15) is 40.3 Å². The van der Waals surface area contributed by atoms with Crippen molar-refractivity contribution in [3.8, 4) is 0 Å². The number of allylic oxidation sites excluding steroid dienone is 1. The van der Waals surface area contributed by atoms with Gasteiger partial charge in [0, 0.05) is 18.6 Å². The molecule has 9 nitrogen and oxygen atoms in total. The van der Waals surface area contributed by atoms with Crippen molar-refractivity contribution in [3.63, 3.8) is 0 Å². The predicted molar refractivity (Wildman–Crippen MR) is 134 cm³/mol. The standard InChI is InChI=1S/C23H23BrClN7O2/c1-5-11-32-20(19(28-23(32)24)22(33)34-6-2)18(14-7-9-15(25)10-8-14)26-16-12-13(3)17-21(27-16)31(4)30-29-17/h5,7-10,12,18H,1,6,11H2,2-4H3,(H,26,27). The van der Waals surface area contributed by atoms with Gasteiger partial charge < -0.3 is 14.6 Å². The molecule has 3 heterocycles. The van der Waals surface area contributed by atoms with Crippen molar-refractivity contribution in [1.82, 2.24) is 29.5 Å². The molecule has 1 unspecified atom stereocenters. The number of ether oxygens (including phenoxy) is 1. The van der Waals surface area contributed by atoms with Crippen LogP contribution in [0.15, 0.2) is 47.7 Å². The number of aryl methyl sites for hydroxylation is 2. The zero-order chi connectivity index (χ0) is 24.4.